The lowest BCUT2D eigenvalue weighted by Crippen LogP contribution is -2.53. The highest BCUT2D eigenvalue weighted by Gasteiger charge is 2.74. The molecule has 0 saturated heterocycles. The molecule has 1 aromatic rings. The molecular formula is C18H22O. The molecule has 0 aromatic heterocycles. The van der Waals surface area contributed by atoms with E-state index in [-0.39, 0.29) is 5.41 Å². The van der Waals surface area contributed by atoms with Crippen LogP contribution in [0.1, 0.15) is 79.3 Å². The van der Waals surface area contributed by atoms with E-state index in [2.05, 4.69) is 27.7 Å². The van der Waals surface area contributed by atoms with Crippen molar-refractivity contribution in [2.75, 3.05) is 0 Å². The summed E-state index contributed by atoms with van der Waals surface area (Å²) >= 11 is 0. The Balaban J connectivity index is 1.87. The summed E-state index contributed by atoms with van der Waals surface area (Å²) in [5.41, 5.74) is 9.02. The molecule has 1 saturated carbocycles. The minimum Gasteiger partial charge on any atom is -0.384 e. The zero-order valence-corrected chi connectivity index (χ0v) is 12.3. The smallest absolute Gasteiger partial charge is 0.0973 e. The number of fused-ring (bicyclic) bond motifs is 7. The summed E-state index contributed by atoms with van der Waals surface area (Å²) in [4.78, 5) is 0. The molecule has 4 aliphatic carbocycles. The molecule has 0 heterocycles. The molecule has 5 rings (SSSR count). The van der Waals surface area contributed by atoms with Crippen molar-refractivity contribution >= 4 is 0 Å². The van der Waals surface area contributed by atoms with Gasteiger partial charge >= 0.3 is 0 Å². The molecule has 100 valence electrons. The lowest BCUT2D eigenvalue weighted by atomic mass is 9.49. The van der Waals surface area contributed by atoms with Crippen molar-refractivity contribution in [1.29, 1.82) is 0 Å². The van der Waals surface area contributed by atoms with Crippen molar-refractivity contribution in [2.45, 2.75) is 69.8 Å². The average Bonchev–Trinajstić information content (AvgIpc) is 3.00. The van der Waals surface area contributed by atoms with E-state index in [1.54, 1.807) is 22.3 Å². The van der Waals surface area contributed by atoms with Gasteiger partial charge in [-0.1, -0.05) is 20.8 Å². The summed E-state index contributed by atoms with van der Waals surface area (Å²) in [5, 5.41) is 11.1. The van der Waals surface area contributed by atoms with E-state index in [1.807, 2.05) is 0 Å². The third-order valence-electron chi connectivity index (χ3n) is 6.91. The van der Waals surface area contributed by atoms with Crippen molar-refractivity contribution in [3.8, 4) is 0 Å². The van der Waals surface area contributed by atoms with E-state index in [4.69, 9.17) is 0 Å². The Hall–Kier alpha value is -0.820. The Kier molecular flexibility index (Phi) is 1.52. The predicted octanol–water partition coefficient (Wildman–Crippen LogP) is 3.50. The molecule has 5 unspecified atom stereocenters. The minimum atomic E-state index is -0.545. The van der Waals surface area contributed by atoms with Crippen LogP contribution in [0.15, 0.2) is 0 Å². The van der Waals surface area contributed by atoms with Crippen molar-refractivity contribution in [2.24, 2.45) is 5.92 Å². The van der Waals surface area contributed by atoms with E-state index >= 15 is 0 Å². The van der Waals surface area contributed by atoms with E-state index in [9.17, 15) is 5.11 Å². The molecule has 0 aliphatic heterocycles. The van der Waals surface area contributed by atoms with Gasteiger partial charge in [0.2, 0.25) is 0 Å². The Labute approximate surface area is 115 Å². The zero-order valence-electron chi connectivity index (χ0n) is 12.3. The van der Waals surface area contributed by atoms with Crippen LogP contribution >= 0.6 is 0 Å². The van der Waals surface area contributed by atoms with Gasteiger partial charge in [0.15, 0.2) is 0 Å². The fourth-order valence-corrected chi connectivity index (χ4v) is 5.88. The molecule has 4 aliphatic rings. The van der Waals surface area contributed by atoms with E-state index in [1.165, 1.54) is 30.4 Å². The maximum Gasteiger partial charge on any atom is 0.0973 e. The first kappa shape index (κ1) is 10.9. The largest absolute Gasteiger partial charge is 0.384 e. The molecule has 1 heteroatoms. The molecular weight excluding hydrogens is 232 g/mol. The van der Waals surface area contributed by atoms with Gasteiger partial charge in [0.05, 0.1) is 5.60 Å². The third kappa shape index (κ3) is 0.827. The molecule has 0 amide bonds. The van der Waals surface area contributed by atoms with Gasteiger partial charge in [-0.05, 0) is 77.3 Å². The predicted molar refractivity (Wildman–Crippen MR) is 75.7 cm³/mol. The van der Waals surface area contributed by atoms with Gasteiger partial charge < -0.3 is 5.11 Å². The average molecular weight is 254 g/mol. The molecule has 5 atom stereocenters. The van der Waals surface area contributed by atoms with Crippen LogP contribution in [0.2, 0.25) is 0 Å². The highest BCUT2D eigenvalue weighted by Crippen LogP contribution is 2.76. The highest BCUT2D eigenvalue weighted by atomic mass is 16.3. The molecule has 1 fully saturated rings. The Morgan fingerprint density at radius 1 is 0.947 bits per heavy atom. The molecule has 0 radical (unpaired) electrons. The highest BCUT2D eigenvalue weighted by molar-refractivity contribution is 5.73. The molecule has 1 aromatic carbocycles. The number of hydrogen-bond donors (Lipinski definition) is 1. The second kappa shape index (κ2) is 2.65. The van der Waals surface area contributed by atoms with Crippen LogP contribution in [-0.2, 0) is 23.9 Å². The van der Waals surface area contributed by atoms with Crippen molar-refractivity contribution < 1.29 is 5.11 Å². The summed E-state index contributed by atoms with van der Waals surface area (Å²) in [6, 6.07) is 0. The van der Waals surface area contributed by atoms with Gasteiger partial charge in [-0.25, -0.2) is 0 Å². The summed E-state index contributed by atoms with van der Waals surface area (Å²) in [6.07, 6.45) is 3.67. The quantitative estimate of drug-likeness (QED) is 0.751. The van der Waals surface area contributed by atoms with Gasteiger partial charge in [0.1, 0.15) is 0 Å². The molecule has 1 nitrogen and oxygen atoms in total. The number of rotatable bonds is 0. The summed E-state index contributed by atoms with van der Waals surface area (Å²) in [6.45, 7) is 9.11. The second-order valence-corrected chi connectivity index (χ2v) is 7.89. The van der Waals surface area contributed by atoms with Gasteiger partial charge in [-0.3, -0.25) is 0 Å². The van der Waals surface area contributed by atoms with Crippen molar-refractivity contribution in [3.05, 3.63) is 33.4 Å². The second-order valence-electron chi connectivity index (χ2n) is 7.89. The van der Waals surface area contributed by atoms with Crippen LogP contribution < -0.4 is 0 Å². The summed E-state index contributed by atoms with van der Waals surface area (Å²) in [7, 11) is 0. The number of hydrogen-bond acceptors (Lipinski definition) is 1. The molecule has 1 N–H and O–H groups in total. The monoisotopic (exact) mass is 254 g/mol. The SMILES string of the molecule is CC1Cc2c1c1c(c3c2C(C)(O)C32CC2C)C(C)C1. The van der Waals surface area contributed by atoms with Crippen LogP contribution in [0.25, 0.3) is 0 Å². The van der Waals surface area contributed by atoms with Gasteiger partial charge in [0.25, 0.3) is 0 Å². The molecule has 0 bridgehead atoms. The Bertz CT molecular complexity index is 654. The first-order chi connectivity index (χ1) is 8.91. The van der Waals surface area contributed by atoms with Crippen LogP contribution in [0.4, 0.5) is 0 Å². The zero-order chi connectivity index (χ0) is 13.3. The van der Waals surface area contributed by atoms with Crippen LogP contribution in [0, 0.1) is 5.92 Å². The fourth-order valence-electron chi connectivity index (χ4n) is 5.88. The maximum absolute atomic E-state index is 11.1. The first-order valence-electron chi connectivity index (χ1n) is 7.86. The number of benzene rings is 1. The van der Waals surface area contributed by atoms with Crippen LogP contribution in [0.5, 0.6) is 0 Å². The standard InChI is InChI=1S/C18H22O/c1-8-6-12-13(8)11-5-9(2)14(11)16-15(12)17(4,19)18(16)7-10(18)3/h8-10,19H,5-7H2,1-4H3. The Morgan fingerprint density at radius 2 is 1.53 bits per heavy atom. The number of aliphatic hydroxyl groups is 1. The van der Waals surface area contributed by atoms with Crippen molar-refractivity contribution in [3.63, 3.8) is 0 Å². The van der Waals surface area contributed by atoms with Gasteiger partial charge in [-0.15, -0.1) is 0 Å². The van der Waals surface area contributed by atoms with E-state index in [0.29, 0.717) is 5.92 Å². The van der Waals surface area contributed by atoms with E-state index < -0.39 is 5.60 Å². The lowest BCUT2D eigenvalue weighted by Gasteiger charge is -2.56. The maximum atomic E-state index is 11.1. The Morgan fingerprint density at radius 3 is 2.05 bits per heavy atom. The lowest BCUT2D eigenvalue weighted by molar-refractivity contribution is -0.0246. The molecule has 19 heavy (non-hydrogen) atoms. The van der Waals surface area contributed by atoms with Gasteiger partial charge in [0, 0.05) is 5.41 Å². The first-order valence-corrected chi connectivity index (χ1v) is 7.86. The minimum absolute atomic E-state index is 0.134. The van der Waals surface area contributed by atoms with Crippen molar-refractivity contribution in [1.82, 2.24) is 0 Å². The van der Waals surface area contributed by atoms with Crippen LogP contribution in [0.3, 0.4) is 0 Å². The van der Waals surface area contributed by atoms with Gasteiger partial charge in [-0.2, -0.15) is 0 Å². The third-order valence-corrected chi connectivity index (χ3v) is 6.91. The topological polar surface area (TPSA) is 20.2 Å². The molecule has 1 spiro atoms. The summed E-state index contributed by atoms with van der Waals surface area (Å²) < 4.78 is 0. The van der Waals surface area contributed by atoms with E-state index in [0.717, 1.165) is 11.8 Å². The fraction of sp³-hybridized carbons (Fsp3) is 0.667. The summed E-state index contributed by atoms with van der Waals surface area (Å²) in [5.74, 6) is 2.12. The van der Waals surface area contributed by atoms with Crippen LogP contribution in [-0.4, -0.2) is 5.11 Å². The normalized spacial score (nSPS) is 47.5.